The number of fused-ring (bicyclic) bond motifs is 1. The molecule has 0 saturated carbocycles. The first-order chi connectivity index (χ1) is 29.3. The average molecular weight is 866 g/mol. The molecule has 2 fully saturated rings. The van der Waals surface area contributed by atoms with Gasteiger partial charge in [0.1, 0.15) is 35.6 Å². The van der Waals surface area contributed by atoms with Gasteiger partial charge in [0.25, 0.3) is 15.9 Å². The molecule has 4 aliphatic rings. The molecule has 318 valence electrons. The number of anilines is 1. The van der Waals surface area contributed by atoms with Gasteiger partial charge in [-0.1, -0.05) is 55.3 Å². The van der Waals surface area contributed by atoms with E-state index in [-0.39, 0.29) is 65.6 Å². The third-order valence-electron chi connectivity index (χ3n) is 12.1. The van der Waals surface area contributed by atoms with Gasteiger partial charge in [0.05, 0.1) is 22.6 Å². The van der Waals surface area contributed by atoms with Gasteiger partial charge in [-0.15, -0.1) is 0 Å². The van der Waals surface area contributed by atoms with Crippen LogP contribution in [0, 0.1) is 16.7 Å². The van der Waals surface area contributed by atoms with Crippen LogP contribution in [0.4, 0.5) is 10.1 Å². The minimum atomic E-state index is -4.48. The second-order valence-electron chi connectivity index (χ2n) is 17.0. The molecule has 0 bridgehead atoms. The Morgan fingerprint density at radius 2 is 1.74 bits per heavy atom. The lowest BCUT2D eigenvalue weighted by molar-refractivity contribution is -0.0324. The van der Waals surface area contributed by atoms with Gasteiger partial charge in [0.15, 0.2) is 0 Å². The summed E-state index contributed by atoms with van der Waals surface area (Å²) >= 11 is 6.24. The van der Waals surface area contributed by atoms with Gasteiger partial charge in [-0.3, -0.25) is 14.7 Å². The fraction of sp³-hybridized carbons (Fsp3) is 0.383. The maximum absolute atomic E-state index is 15.2. The van der Waals surface area contributed by atoms with Crippen molar-refractivity contribution >= 4 is 45.0 Å². The summed E-state index contributed by atoms with van der Waals surface area (Å²) in [7, 11) is -4.48. The first kappa shape index (κ1) is 42.4. The predicted molar refractivity (Wildman–Crippen MR) is 234 cm³/mol. The van der Waals surface area contributed by atoms with Gasteiger partial charge in [-0.05, 0) is 89.9 Å². The SMILES string of the molecule is CC1(C)CCC(CN2CCN(c3ccc(C(=O)NS(=O)(=O)c4ccc(OCC5(F)CCOCC5)c(C#N)c4)c(Oc4cccc5c4C=NC5)c3)CC2)=C(c2ccc(Cl)cc2)C1. The lowest BCUT2D eigenvalue weighted by atomic mass is 9.72. The first-order valence-electron chi connectivity index (χ1n) is 20.7. The number of carbonyl (C=O) groups is 1. The summed E-state index contributed by atoms with van der Waals surface area (Å²) in [6, 6.07) is 24.5. The Morgan fingerprint density at radius 3 is 2.49 bits per heavy atom. The summed E-state index contributed by atoms with van der Waals surface area (Å²) in [5.74, 6) is -0.201. The molecule has 0 aromatic heterocycles. The van der Waals surface area contributed by atoms with Crippen LogP contribution in [0.1, 0.15) is 78.6 Å². The number of nitriles is 1. The molecule has 1 amide bonds. The number of benzene rings is 4. The number of ether oxygens (including phenoxy) is 3. The molecule has 4 aromatic carbocycles. The van der Waals surface area contributed by atoms with E-state index in [0.29, 0.717) is 12.3 Å². The summed E-state index contributed by atoms with van der Waals surface area (Å²) < 4.78 is 62.0. The topological polar surface area (TPSA) is 134 Å². The third kappa shape index (κ3) is 9.79. The van der Waals surface area contributed by atoms with Crippen molar-refractivity contribution in [1.82, 2.24) is 9.62 Å². The minimum absolute atomic E-state index is 0.00514. The van der Waals surface area contributed by atoms with Crippen molar-refractivity contribution in [3.05, 3.63) is 117 Å². The van der Waals surface area contributed by atoms with E-state index in [4.69, 9.17) is 25.8 Å². The highest BCUT2D eigenvalue weighted by Crippen LogP contribution is 2.43. The standard InChI is InChI=1S/C47H49ClFN5O6S/c1-46(2)15-14-34(40(26-46)32-6-8-36(48)9-7-32)30-53-18-20-54(21-19-53)37-10-12-39(44(25-37)60-43-5-3-4-33-28-51-29-41(33)43)45(55)52-61(56,57)38-11-13-42(35(24-38)27-50)59-31-47(49)16-22-58-23-17-47/h3-13,24-25,29H,14-23,26,28,30-31H2,1-2H3,(H,52,55). The molecule has 11 nitrogen and oxygen atoms in total. The van der Waals surface area contributed by atoms with E-state index >= 15 is 4.39 Å². The maximum Gasteiger partial charge on any atom is 0.268 e. The van der Waals surface area contributed by atoms with E-state index in [1.54, 1.807) is 30.5 Å². The summed E-state index contributed by atoms with van der Waals surface area (Å²) in [5.41, 5.74) is 5.23. The molecule has 3 aliphatic heterocycles. The van der Waals surface area contributed by atoms with Crippen LogP contribution in [-0.2, 0) is 21.3 Å². The van der Waals surface area contributed by atoms with Gasteiger partial charge >= 0.3 is 0 Å². The highest BCUT2D eigenvalue weighted by Gasteiger charge is 2.34. The van der Waals surface area contributed by atoms with E-state index in [9.17, 15) is 18.5 Å². The number of aliphatic imine (C=N–C) groups is 1. The van der Waals surface area contributed by atoms with Crippen LogP contribution in [0.2, 0.25) is 5.02 Å². The molecule has 1 N–H and O–H groups in total. The third-order valence-corrected chi connectivity index (χ3v) is 13.7. The van der Waals surface area contributed by atoms with Crippen molar-refractivity contribution in [1.29, 1.82) is 5.26 Å². The number of nitrogens with zero attached hydrogens (tertiary/aromatic N) is 4. The molecular formula is C47H49ClFN5O6S. The molecule has 61 heavy (non-hydrogen) atoms. The molecule has 0 atom stereocenters. The van der Waals surface area contributed by atoms with Crippen molar-refractivity contribution in [3.63, 3.8) is 0 Å². The zero-order chi connectivity index (χ0) is 42.8. The quantitative estimate of drug-likeness (QED) is 0.148. The summed E-state index contributed by atoms with van der Waals surface area (Å²) in [4.78, 5) is 22.8. The van der Waals surface area contributed by atoms with E-state index in [0.717, 1.165) is 79.9 Å². The van der Waals surface area contributed by atoms with Crippen LogP contribution in [0.3, 0.4) is 0 Å². The highest BCUT2D eigenvalue weighted by atomic mass is 35.5. The van der Waals surface area contributed by atoms with Crippen molar-refractivity contribution in [3.8, 4) is 23.3 Å². The molecule has 14 heteroatoms. The number of piperazine rings is 1. The Morgan fingerprint density at radius 1 is 0.967 bits per heavy atom. The molecule has 1 aliphatic carbocycles. The zero-order valence-electron chi connectivity index (χ0n) is 34.4. The molecule has 0 spiro atoms. The molecule has 8 rings (SSSR count). The number of amides is 1. The smallest absolute Gasteiger partial charge is 0.268 e. The number of hydrogen-bond acceptors (Lipinski definition) is 10. The molecular weight excluding hydrogens is 817 g/mol. The van der Waals surface area contributed by atoms with E-state index in [2.05, 4.69) is 45.5 Å². The number of nitrogens with one attached hydrogen (secondary N) is 1. The highest BCUT2D eigenvalue weighted by molar-refractivity contribution is 7.90. The van der Waals surface area contributed by atoms with Crippen molar-refractivity contribution in [2.75, 3.05) is 57.4 Å². The molecule has 4 aromatic rings. The van der Waals surface area contributed by atoms with Gasteiger partial charge in [0, 0.05) is 87.3 Å². The zero-order valence-corrected chi connectivity index (χ0v) is 36.0. The van der Waals surface area contributed by atoms with Gasteiger partial charge in [0.2, 0.25) is 0 Å². The first-order valence-corrected chi connectivity index (χ1v) is 22.5. The molecule has 0 radical (unpaired) electrons. The van der Waals surface area contributed by atoms with Crippen LogP contribution in [0.15, 0.2) is 94.3 Å². The normalized spacial score (nSPS) is 18.6. The van der Waals surface area contributed by atoms with Crippen LogP contribution in [-0.4, -0.2) is 83.7 Å². The van der Waals surface area contributed by atoms with E-state index in [1.165, 1.54) is 28.8 Å². The summed E-state index contributed by atoms with van der Waals surface area (Å²) in [6.07, 6.45) is 5.25. The van der Waals surface area contributed by atoms with Gasteiger partial charge in [-0.2, -0.15) is 5.26 Å². The monoisotopic (exact) mass is 865 g/mol. The Kier molecular flexibility index (Phi) is 12.3. The summed E-state index contributed by atoms with van der Waals surface area (Å²) in [6.45, 7) is 9.44. The lowest BCUT2D eigenvalue weighted by Crippen LogP contribution is -2.47. The molecule has 0 unspecified atom stereocenters. The second kappa shape index (κ2) is 17.6. The lowest BCUT2D eigenvalue weighted by Gasteiger charge is -2.39. The summed E-state index contributed by atoms with van der Waals surface area (Å²) in [5, 5.41) is 10.6. The minimum Gasteiger partial charge on any atom is -0.489 e. The van der Waals surface area contributed by atoms with E-state index in [1.807, 2.05) is 30.3 Å². The number of hydrogen-bond donors (Lipinski definition) is 1. The number of halogens is 2. The van der Waals surface area contributed by atoms with Crippen LogP contribution < -0.4 is 19.1 Å². The maximum atomic E-state index is 15.2. The van der Waals surface area contributed by atoms with Crippen molar-refractivity contribution < 1.29 is 31.8 Å². The fourth-order valence-corrected chi connectivity index (χ4v) is 9.53. The Labute approximate surface area is 361 Å². The van der Waals surface area contributed by atoms with Crippen molar-refractivity contribution in [2.45, 2.75) is 63.1 Å². The predicted octanol–water partition coefficient (Wildman–Crippen LogP) is 8.74. The number of allylic oxidation sites excluding steroid dienone is 1. The Bertz CT molecular complexity index is 2520. The Balaban J connectivity index is 1.00. The second-order valence-corrected chi connectivity index (χ2v) is 19.1. The Hall–Kier alpha value is -5.26. The van der Waals surface area contributed by atoms with Gasteiger partial charge in [-0.25, -0.2) is 17.5 Å². The number of rotatable bonds is 12. The van der Waals surface area contributed by atoms with Crippen molar-refractivity contribution in [2.24, 2.45) is 10.4 Å². The molecule has 2 saturated heterocycles. The molecule has 3 heterocycles. The van der Waals surface area contributed by atoms with Gasteiger partial charge < -0.3 is 19.1 Å². The number of carbonyl (C=O) groups excluding carboxylic acids is 1. The number of sulfonamides is 1. The van der Waals surface area contributed by atoms with Crippen LogP contribution in [0.25, 0.3) is 5.57 Å². The fourth-order valence-electron chi connectivity index (χ4n) is 8.41. The number of alkyl halides is 1. The van der Waals surface area contributed by atoms with Crippen LogP contribution in [0.5, 0.6) is 17.2 Å². The van der Waals surface area contributed by atoms with Crippen LogP contribution >= 0.6 is 11.6 Å². The average Bonchev–Trinajstić information content (AvgIpc) is 3.74. The largest absolute Gasteiger partial charge is 0.489 e. The van der Waals surface area contributed by atoms with E-state index < -0.39 is 21.6 Å².